The molecule has 0 bridgehead atoms. The molecule has 5 aromatic rings. The van der Waals surface area contributed by atoms with E-state index in [4.69, 9.17) is 4.84 Å². The van der Waals surface area contributed by atoms with Crippen molar-refractivity contribution in [3.63, 3.8) is 0 Å². The molecule has 5 rings (SSSR count). The molecular weight excluding hydrogens is 496 g/mol. The fourth-order valence-electron chi connectivity index (χ4n) is 4.22. The number of aliphatic carboxylic acids is 1. The molecule has 0 radical (unpaired) electrons. The monoisotopic (exact) mass is 520 g/mol. The summed E-state index contributed by atoms with van der Waals surface area (Å²) in [5.41, 5.74) is 2.82. The maximum atomic E-state index is 12.0. The summed E-state index contributed by atoms with van der Waals surface area (Å²) in [7, 11) is 0. The maximum absolute atomic E-state index is 12.0. The van der Waals surface area contributed by atoms with Crippen LogP contribution in [0.4, 0.5) is 5.13 Å². The normalized spacial score (nSPS) is 11.6. The van der Waals surface area contributed by atoms with Gasteiger partial charge in [0.05, 0.1) is 5.69 Å². The second kappa shape index (κ2) is 11.5. The highest BCUT2D eigenvalue weighted by molar-refractivity contribution is 7.14. The quantitative estimate of drug-likeness (QED) is 0.134. The van der Waals surface area contributed by atoms with E-state index in [2.05, 4.69) is 56.8 Å². The molecule has 2 heterocycles. The minimum atomic E-state index is -1.23. The molecule has 0 amide bonds. The number of anilines is 1. The lowest BCUT2D eigenvalue weighted by Crippen LogP contribution is -2.38. The third-order valence-corrected chi connectivity index (χ3v) is 6.72. The van der Waals surface area contributed by atoms with E-state index >= 15 is 0 Å². The molecule has 0 atom stereocenters. The van der Waals surface area contributed by atoms with Gasteiger partial charge in [0.1, 0.15) is 11.2 Å². The molecule has 0 saturated carbocycles. The Hall–Kier alpha value is -4.82. The van der Waals surface area contributed by atoms with Crippen molar-refractivity contribution in [2.45, 2.75) is 12.1 Å². The molecule has 8 heteroatoms. The average Bonchev–Trinajstić information content (AvgIpc) is 3.43. The second-order valence-electron chi connectivity index (χ2n) is 8.35. The van der Waals surface area contributed by atoms with Gasteiger partial charge in [0.2, 0.25) is 5.71 Å². The van der Waals surface area contributed by atoms with Crippen LogP contribution in [0.3, 0.4) is 0 Å². The van der Waals surface area contributed by atoms with Gasteiger partial charge in [0, 0.05) is 11.6 Å². The number of pyridine rings is 1. The molecule has 188 valence electrons. The summed E-state index contributed by atoms with van der Waals surface area (Å²) in [6.07, 6.45) is 1.64. The largest absolute Gasteiger partial charge is 0.476 e. The number of thiazole rings is 1. The number of rotatable bonds is 10. The standard InChI is InChI=1S/C30H24N4O3S/c35-28(36)27(34-37-20-25-18-10-11-19-31-25)26-21-38-29(32-26)33-30(22-12-4-1-5-13-22,23-14-6-2-7-15-23)24-16-8-3-9-17-24/h1-19,21H,20H2,(H,32,33)(H,35,36)/b34-27+. The number of hydrogen-bond donors (Lipinski definition) is 2. The zero-order valence-electron chi connectivity index (χ0n) is 20.3. The lowest BCUT2D eigenvalue weighted by molar-refractivity contribution is -0.129. The molecule has 0 aliphatic heterocycles. The molecule has 0 aliphatic rings. The summed E-state index contributed by atoms with van der Waals surface area (Å²) in [6.45, 7) is 0.0476. The number of carboxylic acids is 1. The lowest BCUT2D eigenvalue weighted by atomic mass is 9.77. The molecular formula is C30H24N4O3S. The van der Waals surface area contributed by atoms with Crippen LogP contribution in [0.15, 0.2) is 126 Å². The van der Waals surface area contributed by atoms with Gasteiger partial charge in [-0.15, -0.1) is 11.3 Å². The fourth-order valence-corrected chi connectivity index (χ4v) is 4.97. The SMILES string of the molecule is O=C(O)/C(=N/OCc1ccccn1)c1csc(NC(c2ccccc2)(c2ccccc2)c2ccccc2)n1. The molecule has 38 heavy (non-hydrogen) atoms. The van der Waals surface area contributed by atoms with Gasteiger partial charge in [-0.2, -0.15) is 0 Å². The van der Waals surface area contributed by atoms with Crippen molar-refractivity contribution in [2.24, 2.45) is 5.16 Å². The molecule has 2 N–H and O–H groups in total. The first-order valence-corrected chi connectivity index (χ1v) is 12.8. The van der Waals surface area contributed by atoms with Gasteiger partial charge < -0.3 is 15.3 Å². The maximum Gasteiger partial charge on any atom is 0.360 e. The zero-order valence-corrected chi connectivity index (χ0v) is 21.1. The van der Waals surface area contributed by atoms with E-state index in [0.717, 1.165) is 16.7 Å². The first kappa shape index (κ1) is 24.9. The Kier molecular flexibility index (Phi) is 7.52. The van der Waals surface area contributed by atoms with E-state index in [1.165, 1.54) is 11.3 Å². The lowest BCUT2D eigenvalue weighted by Gasteiger charge is -2.36. The summed E-state index contributed by atoms with van der Waals surface area (Å²) in [4.78, 5) is 26.1. The first-order valence-electron chi connectivity index (χ1n) is 11.9. The van der Waals surface area contributed by atoms with Crippen LogP contribution in [0.1, 0.15) is 28.1 Å². The Morgan fingerprint density at radius 3 is 1.89 bits per heavy atom. The number of nitrogens with zero attached hydrogens (tertiary/aromatic N) is 3. The molecule has 0 spiro atoms. The Morgan fingerprint density at radius 1 is 0.842 bits per heavy atom. The average molecular weight is 521 g/mol. The topological polar surface area (TPSA) is 96.7 Å². The van der Waals surface area contributed by atoms with Gasteiger partial charge in [0.15, 0.2) is 11.7 Å². The molecule has 2 aromatic heterocycles. The number of carboxylic acid groups (broad SMARTS) is 1. The van der Waals surface area contributed by atoms with Gasteiger partial charge in [-0.3, -0.25) is 4.98 Å². The summed E-state index contributed by atoms with van der Waals surface area (Å²) in [6, 6.07) is 35.7. The molecule has 7 nitrogen and oxygen atoms in total. The molecule has 0 unspecified atom stereocenters. The van der Waals surface area contributed by atoms with Gasteiger partial charge in [-0.05, 0) is 28.8 Å². The van der Waals surface area contributed by atoms with Crippen molar-refractivity contribution in [1.82, 2.24) is 9.97 Å². The van der Waals surface area contributed by atoms with Crippen molar-refractivity contribution >= 4 is 28.1 Å². The van der Waals surface area contributed by atoms with Crippen LogP contribution in [0.25, 0.3) is 0 Å². The Morgan fingerprint density at radius 2 is 1.39 bits per heavy atom. The third-order valence-electron chi connectivity index (χ3n) is 5.96. The van der Waals surface area contributed by atoms with Crippen LogP contribution in [0, 0.1) is 0 Å². The second-order valence-corrected chi connectivity index (χ2v) is 9.21. The van der Waals surface area contributed by atoms with E-state index in [-0.39, 0.29) is 18.0 Å². The summed E-state index contributed by atoms with van der Waals surface area (Å²) >= 11 is 1.30. The van der Waals surface area contributed by atoms with Crippen LogP contribution >= 0.6 is 11.3 Å². The van der Waals surface area contributed by atoms with Crippen molar-refractivity contribution < 1.29 is 14.7 Å². The number of nitrogens with one attached hydrogen (secondary N) is 1. The van der Waals surface area contributed by atoms with Crippen LogP contribution in [-0.4, -0.2) is 26.8 Å². The Bertz CT molecular complexity index is 1410. The summed E-state index contributed by atoms with van der Waals surface area (Å²) < 4.78 is 0. The Balaban J connectivity index is 1.53. The highest BCUT2D eigenvalue weighted by atomic mass is 32.1. The van der Waals surface area contributed by atoms with Crippen LogP contribution in [0.2, 0.25) is 0 Å². The van der Waals surface area contributed by atoms with E-state index in [1.54, 1.807) is 23.7 Å². The van der Waals surface area contributed by atoms with Crippen LogP contribution in [-0.2, 0) is 21.8 Å². The number of benzene rings is 3. The summed E-state index contributed by atoms with van der Waals surface area (Å²) in [5, 5.41) is 19.5. The molecule has 0 aliphatic carbocycles. The van der Waals surface area contributed by atoms with Gasteiger partial charge in [-0.25, -0.2) is 9.78 Å². The van der Waals surface area contributed by atoms with Crippen LogP contribution in [0.5, 0.6) is 0 Å². The molecule has 0 fully saturated rings. The van der Waals surface area contributed by atoms with E-state index in [0.29, 0.717) is 10.8 Å². The van der Waals surface area contributed by atoms with E-state index < -0.39 is 11.5 Å². The van der Waals surface area contributed by atoms with Crippen molar-refractivity contribution in [2.75, 3.05) is 5.32 Å². The van der Waals surface area contributed by atoms with E-state index in [1.807, 2.05) is 60.7 Å². The highest BCUT2D eigenvalue weighted by Crippen LogP contribution is 2.40. The van der Waals surface area contributed by atoms with Crippen molar-refractivity contribution in [3.8, 4) is 0 Å². The summed E-state index contributed by atoms with van der Waals surface area (Å²) in [5.74, 6) is -1.23. The first-order chi connectivity index (χ1) is 18.7. The van der Waals surface area contributed by atoms with Crippen molar-refractivity contribution in [1.29, 1.82) is 0 Å². The Labute approximate surface area is 224 Å². The number of aromatic nitrogens is 2. The van der Waals surface area contributed by atoms with Gasteiger partial charge >= 0.3 is 5.97 Å². The van der Waals surface area contributed by atoms with E-state index in [9.17, 15) is 9.90 Å². The number of hydrogen-bond acceptors (Lipinski definition) is 7. The number of oxime groups is 1. The van der Waals surface area contributed by atoms with Crippen LogP contribution < -0.4 is 5.32 Å². The number of carbonyl (C=O) groups is 1. The van der Waals surface area contributed by atoms with Crippen molar-refractivity contribution in [3.05, 3.63) is 149 Å². The minimum absolute atomic E-state index is 0.0476. The minimum Gasteiger partial charge on any atom is -0.476 e. The smallest absolute Gasteiger partial charge is 0.360 e. The predicted molar refractivity (Wildman–Crippen MR) is 148 cm³/mol. The van der Waals surface area contributed by atoms with Gasteiger partial charge in [0.25, 0.3) is 0 Å². The third kappa shape index (κ3) is 5.30. The highest BCUT2D eigenvalue weighted by Gasteiger charge is 2.37. The zero-order chi connectivity index (χ0) is 26.2. The predicted octanol–water partition coefficient (Wildman–Crippen LogP) is 5.95. The molecule has 0 saturated heterocycles. The fraction of sp³-hybridized carbons (Fsp3) is 0.0667. The molecule has 3 aromatic carbocycles. The van der Waals surface area contributed by atoms with Gasteiger partial charge in [-0.1, -0.05) is 102 Å².